The zero-order valence-corrected chi connectivity index (χ0v) is 47.5. The Hall–Kier alpha value is -5.11. The smallest absolute Gasteiger partial charge is 0.325 e. The van der Waals surface area contributed by atoms with E-state index in [-0.39, 0.29) is 73.5 Å². The maximum Gasteiger partial charge on any atom is 0.325 e. The molecule has 434 valence electrons. The number of ketones is 1. The Balaban J connectivity index is 1.35. The number of amides is 4. The van der Waals surface area contributed by atoms with E-state index in [1.165, 1.54) is 36.2 Å². The summed E-state index contributed by atoms with van der Waals surface area (Å²) in [4.78, 5) is 82.1. The molecule has 3 saturated heterocycles. The largest absolute Gasteiger partial charge is 0.456 e. The number of nitrogens with zero attached hydrogens (tertiary/aromatic N) is 1. The van der Waals surface area contributed by atoms with Crippen LogP contribution in [0.1, 0.15) is 139 Å². The minimum Gasteiger partial charge on any atom is -0.456 e. The number of esters is 1. The number of piperidine rings is 1. The topological polar surface area (TPSA) is 253 Å². The van der Waals surface area contributed by atoms with Crippen LogP contribution in [0.2, 0.25) is 0 Å². The molecule has 17 atom stereocenters. The van der Waals surface area contributed by atoms with Crippen LogP contribution in [0.15, 0.2) is 72.4 Å². The maximum atomic E-state index is 14.5. The predicted molar refractivity (Wildman–Crippen MR) is 294 cm³/mol. The second-order valence-corrected chi connectivity index (χ2v) is 23.1. The van der Waals surface area contributed by atoms with Gasteiger partial charge in [0.1, 0.15) is 41.6 Å². The van der Waals surface area contributed by atoms with Crippen LogP contribution in [-0.2, 0) is 44.7 Å². The van der Waals surface area contributed by atoms with Crippen LogP contribution < -0.4 is 21.4 Å². The number of aliphatic hydroxyl groups is 4. The Morgan fingerprint density at radius 3 is 2.37 bits per heavy atom. The molecule has 17 nitrogen and oxygen atoms in total. The van der Waals surface area contributed by atoms with Gasteiger partial charge in [-0.1, -0.05) is 110 Å². The number of nitrogens with one attached hydrogen (secondary N) is 4. The summed E-state index contributed by atoms with van der Waals surface area (Å²) in [6.45, 7) is 18.2. The van der Waals surface area contributed by atoms with E-state index >= 15 is 0 Å². The summed E-state index contributed by atoms with van der Waals surface area (Å²) in [5, 5.41) is 55.6. The number of hydrogen-bond donors (Lipinski definition) is 8. The number of fused-ring (bicyclic) bond motifs is 2. The van der Waals surface area contributed by atoms with E-state index in [4.69, 9.17) is 9.47 Å². The number of halogens is 1. The summed E-state index contributed by atoms with van der Waals surface area (Å²) in [6.07, 6.45) is 10.4. The number of carbonyl (C=O) groups is 6. The number of allylic oxidation sites excluding steroid dienone is 5. The molecule has 0 radical (unpaired) electrons. The number of benzene rings is 1. The van der Waals surface area contributed by atoms with Crippen LogP contribution in [0.3, 0.4) is 0 Å². The molecule has 5 rings (SSSR count). The van der Waals surface area contributed by atoms with Crippen LogP contribution in [-0.4, -0.2) is 128 Å². The van der Waals surface area contributed by atoms with Crippen molar-refractivity contribution in [1.82, 2.24) is 26.4 Å². The third kappa shape index (κ3) is 16.7. The lowest BCUT2D eigenvalue weighted by Gasteiger charge is -2.56. The molecule has 0 saturated carbocycles. The van der Waals surface area contributed by atoms with E-state index in [0.29, 0.717) is 49.7 Å². The van der Waals surface area contributed by atoms with Gasteiger partial charge in [0.2, 0.25) is 17.7 Å². The first-order chi connectivity index (χ1) is 36.9. The maximum absolute atomic E-state index is 14.5. The van der Waals surface area contributed by atoms with Crippen LogP contribution in [0, 0.1) is 53.2 Å². The number of carbonyl (C=O) groups excluding carboxylic acids is 6. The molecule has 2 unspecified atom stereocenters. The number of rotatable bonds is 15. The van der Waals surface area contributed by atoms with E-state index in [0.717, 1.165) is 6.42 Å². The van der Waals surface area contributed by atoms with Gasteiger partial charge in [0.25, 0.3) is 5.91 Å². The molecule has 4 aliphatic heterocycles. The number of Topliss-reactive ketones (excluding diaryl/α,β-unsaturated/α-hetero) is 1. The van der Waals surface area contributed by atoms with Gasteiger partial charge in [-0.3, -0.25) is 29.0 Å². The summed E-state index contributed by atoms with van der Waals surface area (Å²) >= 11 is 0. The summed E-state index contributed by atoms with van der Waals surface area (Å²) in [5.74, 6) is -7.01. The van der Waals surface area contributed by atoms with Crippen molar-refractivity contribution in [2.45, 2.75) is 200 Å². The van der Waals surface area contributed by atoms with Crippen molar-refractivity contribution in [2.75, 3.05) is 6.54 Å². The molecule has 1 aromatic rings. The summed E-state index contributed by atoms with van der Waals surface area (Å²) in [7, 11) is 0. The standard InChI is InChI=1S/C60H90FN5O12/c1-11-43-30-37(6)60(64-55(43)72)41(10)53(70)40(9)51(78-60)33-49(69)35(4)20-14-12-15-21-36(5)50-26-17-13-16-25-48(68)39(8)54(71)45(28-27-38(7)67)56(73)63-52(34(2)3)57(74)62-47(32-42-22-18-23-44(61)31-42)58(75)66-29-19-24-46(65-66)59(76)77-50/h12-13,15-18,21-23,25,31,34-35,37,39-41,43,45-54,65,68-71H,11,14,19-20,24,26-30,32-33H2,1-10H3,(H,62,74)(H,63,73)(H,64,72)/b15-12+,17-13+,25-16+,36-21+/t35-,37-,39-,40-,41-,43-,45+,46?,47-,48-,49?,50-,51-,52-,53-,54+,60+/m0/s1. The van der Waals surface area contributed by atoms with E-state index < -0.39 is 108 Å². The molecule has 3 fully saturated rings. The zero-order valence-electron chi connectivity index (χ0n) is 47.5. The van der Waals surface area contributed by atoms with Crippen molar-refractivity contribution in [2.24, 2.45) is 47.3 Å². The fourth-order valence-corrected chi connectivity index (χ4v) is 11.3. The Morgan fingerprint density at radius 1 is 0.962 bits per heavy atom. The van der Waals surface area contributed by atoms with Crippen molar-refractivity contribution in [3.63, 3.8) is 0 Å². The lowest BCUT2D eigenvalue weighted by molar-refractivity contribution is -0.267. The molecule has 78 heavy (non-hydrogen) atoms. The Labute approximate surface area is 461 Å². The van der Waals surface area contributed by atoms with Gasteiger partial charge in [-0.25, -0.2) is 9.82 Å². The Kier molecular flexibility index (Phi) is 24.0. The van der Waals surface area contributed by atoms with Crippen molar-refractivity contribution in [1.29, 1.82) is 0 Å². The molecule has 1 aromatic carbocycles. The highest BCUT2D eigenvalue weighted by Gasteiger charge is 2.57. The van der Waals surface area contributed by atoms with Crippen LogP contribution in [0.25, 0.3) is 0 Å². The highest BCUT2D eigenvalue weighted by Crippen LogP contribution is 2.46. The second-order valence-electron chi connectivity index (χ2n) is 23.1. The molecule has 2 bridgehead atoms. The predicted octanol–water partition coefficient (Wildman–Crippen LogP) is 5.84. The molecule has 18 heteroatoms. The van der Waals surface area contributed by atoms with Gasteiger partial charge in [0, 0.05) is 61.8 Å². The quantitative estimate of drug-likeness (QED) is 0.0760. The molecule has 4 amide bonds. The molecule has 0 aromatic heterocycles. The van der Waals surface area contributed by atoms with E-state index in [1.54, 1.807) is 45.1 Å². The summed E-state index contributed by atoms with van der Waals surface area (Å²) < 4.78 is 27.4. The summed E-state index contributed by atoms with van der Waals surface area (Å²) in [6, 6.07) is 2.15. The molecule has 4 aliphatic rings. The molecule has 1 spiro atoms. The van der Waals surface area contributed by atoms with Crippen LogP contribution in [0.5, 0.6) is 0 Å². The molecular formula is C60H90FN5O12. The minimum absolute atomic E-state index is 0.0284. The highest BCUT2D eigenvalue weighted by atomic mass is 19.1. The number of cyclic esters (lactones) is 1. The normalized spacial score (nSPS) is 34.9. The molecular weight excluding hydrogens is 1000 g/mol. The molecule has 8 N–H and O–H groups in total. The van der Waals surface area contributed by atoms with Crippen LogP contribution >= 0.6 is 0 Å². The first kappa shape index (κ1) is 63.7. The Morgan fingerprint density at radius 2 is 1.69 bits per heavy atom. The number of hydrogen-bond acceptors (Lipinski definition) is 13. The second kappa shape index (κ2) is 29.4. The number of aliphatic hydroxyl groups excluding tert-OH is 4. The molecule has 4 heterocycles. The lowest BCUT2D eigenvalue weighted by atomic mass is 9.69. The average molecular weight is 1090 g/mol. The fraction of sp³-hybridized carbons (Fsp3) is 0.667. The average Bonchev–Trinajstić information content (AvgIpc) is 3.51. The van der Waals surface area contributed by atoms with Crippen molar-refractivity contribution >= 4 is 35.4 Å². The minimum atomic E-state index is -1.45. The monoisotopic (exact) mass is 1090 g/mol. The van der Waals surface area contributed by atoms with Gasteiger partial charge < -0.3 is 50.6 Å². The zero-order chi connectivity index (χ0) is 57.6. The molecule has 0 aliphatic carbocycles. The van der Waals surface area contributed by atoms with Gasteiger partial charge in [-0.15, -0.1) is 0 Å². The van der Waals surface area contributed by atoms with Gasteiger partial charge in [-0.05, 0) is 93.9 Å². The third-order valence-corrected chi connectivity index (χ3v) is 16.9. The van der Waals surface area contributed by atoms with Crippen molar-refractivity contribution in [3.8, 4) is 0 Å². The lowest BCUT2D eigenvalue weighted by Crippen LogP contribution is -2.71. The highest BCUT2D eigenvalue weighted by molar-refractivity contribution is 5.93. The third-order valence-electron chi connectivity index (χ3n) is 16.9. The Bertz CT molecular complexity index is 2340. The fourth-order valence-electron chi connectivity index (χ4n) is 11.3. The van der Waals surface area contributed by atoms with Gasteiger partial charge >= 0.3 is 5.97 Å². The van der Waals surface area contributed by atoms with Gasteiger partial charge in [0.15, 0.2) is 0 Å². The van der Waals surface area contributed by atoms with E-state index in [2.05, 4.69) is 28.3 Å². The van der Waals surface area contributed by atoms with Crippen molar-refractivity contribution < 1.29 is 63.1 Å². The number of ether oxygens (including phenoxy) is 2. The van der Waals surface area contributed by atoms with Gasteiger partial charge in [0.05, 0.1) is 36.4 Å². The first-order valence-corrected chi connectivity index (χ1v) is 28.4. The van der Waals surface area contributed by atoms with Crippen LogP contribution in [0.4, 0.5) is 4.39 Å². The van der Waals surface area contributed by atoms with E-state index in [9.17, 15) is 53.6 Å². The SMILES string of the molecule is CC[C@H]1C[C@H](C)[C@@]2(NC1=O)O[C@@H](CC(O)[C@@H](C)CC/C=C/C=C(\C)[C@@H]1C/C=C/C=C/[C@H](O)[C@H](C)[C@@H](O)[C@@H](CCC(C)=O)C(=O)N[C@@H](C(C)C)C(=O)N[C@@H](Cc3cccc(F)c3)C(=O)N3CCCC(N3)C(=O)O1)[C@H](C)[C@H](O)[C@@H]2C. The van der Waals surface area contributed by atoms with E-state index in [1.807, 2.05) is 52.8 Å². The van der Waals surface area contributed by atoms with Gasteiger partial charge in [-0.2, -0.15) is 0 Å². The number of hydrazine groups is 1. The first-order valence-electron chi connectivity index (χ1n) is 28.4. The summed E-state index contributed by atoms with van der Waals surface area (Å²) in [5.41, 5.74) is 3.10. The van der Waals surface area contributed by atoms with Crippen molar-refractivity contribution in [3.05, 3.63) is 83.8 Å².